The maximum atomic E-state index is 5.65. The van der Waals surface area contributed by atoms with Crippen LogP contribution in [-0.2, 0) is 0 Å². The highest BCUT2D eigenvalue weighted by Gasteiger charge is 2.07. The lowest BCUT2D eigenvalue weighted by molar-refractivity contribution is 1.17. The molecule has 0 unspecified atom stereocenters. The Balaban J connectivity index is 2.99. The molecule has 0 aliphatic rings. The highest BCUT2D eigenvalue weighted by molar-refractivity contribution is 14.1. The van der Waals surface area contributed by atoms with E-state index >= 15 is 0 Å². The lowest BCUT2D eigenvalue weighted by Gasteiger charge is -1.95. The van der Waals surface area contributed by atoms with Crippen molar-refractivity contribution < 1.29 is 0 Å². The van der Waals surface area contributed by atoms with E-state index in [9.17, 15) is 0 Å². The first-order valence-electron chi connectivity index (χ1n) is 3.22. The second-order valence-electron chi connectivity index (χ2n) is 2.34. The van der Waals surface area contributed by atoms with Gasteiger partial charge in [0.1, 0.15) is 17.8 Å². The Labute approximate surface area is 83.7 Å². The Kier molecular flexibility index (Phi) is 1.71. The van der Waals surface area contributed by atoms with Crippen LogP contribution in [0.4, 0.5) is 5.82 Å². The summed E-state index contributed by atoms with van der Waals surface area (Å²) in [7, 11) is 5.61. The van der Waals surface area contributed by atoms with E-state index < -0.39 is 0 Å². The van der Waals surface area contributed by atoms with E-state index in [4.69, 9.17) is 13.7 Å². The first-order chi connectivity index (χ1) is 5.70. The van der Waals surface area contributed by atoms with Crippen LogP contribution in [0.5, 0.6) is 0 Å². The van der Waals surface area contributed by atoms with Crippen molar-refractivity contribution in [2.24, 2.45) is 0 Å². The zero-order valence-corrected chi connectivity index (χ0v) is 8.19. The van der Waals surface area contributed by atoms with Gasteiger partial charge in [0, 0.05) is 9.77 Å². The Morgan fingerprint density at radius 1 is 1.50 bits per heavy atom. The monoisotopic (exact) mass is 270 g/mol. The predicted octanol–water partition coefficient (Wildman–Crippen LogP) is 0.550. The lowest BCUT2D eigenvalue weighted by atomic mass is 10.4. The molecule has 0 amide bonds. The van der Waals surface area contributed by atoms with Crippen LogP contribution in [-0.4, -0.2) is 22.4 Å². The van der Waals surface area contributed by atoms with Crippen LogP contribution >= 0.6 is 22.6 Å². The molecule has 0 bridgehead atoms. The minimum Gasteiger partial charge on any atom is -0.387 e. The Hall–Kier alpha value is -0.785. The standard InChI is InChI=1S/C6H4BIN4/c7-12-1-3(8)4-5(9)10-2-11-6(4)12/h1-2H,(H2,9,10,11). The van der Waals surface area contributed by atoms with E-state index in [0.717, 1.165) is 8.96 Å². The van der Waals surface area contributed by atoms with Crippen LogP contribution < -0.4 is 5.73 Å². The average molecular weight is 270 g/mol. The van der Waals surface area contributed by atoms with Gasteiger partial charge in [0.2, 0.25) is 7.98 Å². The summed E-state index contributed by atoms with van der Waals surface area (Å²) in [4.78, 5) is 7.88. The van der Waals surface area contributed by atoms with E-state index in [1.54, 1.807) is 6.20 Å². The highest BCUT2D eigenvalue weighted by Crippen LogP contribution is 2.23. The molecule has 6 heteroatoms. The number of rotatable bonds is 0. The number of hydrogen-bond donors (Lipinski definition) is 1. The first kappa shape index (κ1) is 7.84. The summed E-state index contributed by atoms with van der Waals surface area (Å²) in [5, 5.41) is 0.820. The van der Waals surface area contributed by atoms with Crippen LogP contribution in [0.15, 0.2) is 12.5 Å². The van der Waals surface area contributed by atoms with Crippen molar-refractivity contribution in [3.05, 3.63) is 16.1 Å². The molecular formula is C6H4BIN4. The van der Waals surface area contributed by atoms with E-state index in [1.807, 2.05) is 0 Å². The molecule has 2 aromatic heterocycles. The molecule has 2 radical (unpaired) electrons. The first-order valence-corrected chi connectivity index (χ1v) is 4.30. The zero-order chi connectivity index (χ0) is 8.72. The summed E-state index contributed by atoms with van der Waals surface area (Å²) in [6.45, 7) is 0. The van der Waals surface area contributed by atoms with Crippen LogP contribution in [0, 0.1) is 3.57 Å². The molecular weight excluding hydrogens is 266 g/mol. The largest absolute Gasteiger partial charge is 0.387 e. The van der Waals surface area contributed by atoms with Crippen molar-refractivity contribution in [3.63, 3.8) is 0 Å². The van der Waals surface area contributed by atoms with Crippen LogP contribution in [0.25, 0.3) is 11.0 Å². The van der Waals surface area contributed by atoms with Crippen molar-refractivity contribution in [3.8, 4) is 0 Å². The van der Waals surface area contributed by atoms with Crippen molar-refractivity contribution in [1.29, 1.82) is 0 Å². The number of nitrogens with two attached hydrogens (primary N) is 1. The number of halogens is 1. The Bertz CT molecular complexity index is 438. The fourth-order valence-electron chi connectivity index (χ4n) is 1.06. The number of aromatic nitrogens is 3. The fourth-order valence-corrected chi connectivity index (χ4v) is 1.88. The third-order valence-electron chi connectivity index (χ3n) is 1.59. The van der Waals surface area contributed by atoms with E-state index in [-0.39, 0.29) is 0 Å². The zero-order valence-electron chi connectivity index (χ0n) is 6.03. The van der Waals surface area contributed by atoms with Crippen molar-refractivity contribution in [1.82, 2.24) is 14.4 Å². The van der Waals surface area contributed by atoms with Crippen molar-refractivity contribution in [2.45, 2.75) is 0 Å². The molecule has 0 aliphatic heterocycles. The van der Waals surface area contributed by atoms with Gasteiger partial charge in [0.05, 0.1) is 5.39 Å². The third-order valence-corrected chi connectivity index (χ3v) is 2.41. The maximum Gasteiger partial charge on any atom is 0.236 e. The SMILES string of the molecule is [B]n1cc(I)c2c(N)ncnc21. The highest BCUT2D eigenvalue weighted by atomic mass is 127. The van der Waals surface area contributed by atoms with Crippen LogP contribution in [0.3, 0.4) is 0 Å². The van der Waals surface area contributed by atoms with Gasteiger partial charge in [-0.2, -0.15) is 0 Å². The third kappa shape index (κ3) is 0.978. The van der Waals surface area contributed by atoms with Crippen LogP contribution in [0.2, 0.25) is 0 Å². The van der Waals surface area contributed by atoms with Gasteiger partial charge in [-0.15, -0.1) is 0 Å². The molecule has 4 nitrogen and oxygen atoms in total. The molecule has 0 saturated carbocycles. The van der Waals surface area contributed by atoms with E-state index in [0.29, 0.717) is 11.5 Å². The summed E-state index contributed by atoms with van der Waals surface area (Å²) >= 11 is 2.14. The lowest BCUT2D eigenvalue weighted by Crippen LogP contribution is -1.95. The molecule has 2 heterocycles. The molecule has 12 heavy (non-hydrogen) atoms. The minimum absolute atomic E-state index is 0.466. The molecule has 0 aliphatic carbocycles. The molecule has 2 aromatic rings. The molecule has 2 N–H and O–H groups in total. The normalized spacial score (nSPS) is 10.8. The van der Waals surface area contributed by atoms with E-state index in [2.05, 4.69) is 32.6 Å². The quantitative estimate of drug-likeness (QED) is 0.561. The summed E-state index contributed by atoms with van der Waals surface area (Å²) in [6, 6.07) is 0. The number of nitrogen functional groups attached to an aromatic ring is 1. The summed E-state index contributed by atoms with van der Waals surface area (Å²) in [5.41, 5.74) is 6.30. The Morgan fingerprint density at radius 2 is 2.25 bits per heavy atom. The maximum absolute atomic E-state index is 5.65. The number of anilines is 1. The van der Waals surface area contributed by atoms with Crippen molar-refractivity contribution in [2.75, 3.05) is 5.73 Å². The topological polar surface area (TPSA) is 56.7 Å². The second kappa shape index (κ2) is 2.61. The second-order valence-corrected chi connectivity index (χ2v) is 3.50. The van der Waals surface area contributed by atoms with Crippen LogP contribution in [0.1, 0.15) is 0 Å². The van der Waals surface area contributed by atoms with Gasteiger partial charge in [-0.05, 0) is 22.6 Å². The predicted molar refractivity (Wildman–Crippen MR) is 55.8 cm³/mol. The molecule has 2 rings (SSSR count). The number of fused-ring (bicyclic) bond motifs is 1. The molecule has 0 spiro atoms. The molecule has 0 saturated heterocycles. The number of hydrogen-bond acceptors (Lipinski definition) is 3. The van der Waals surface area contributed by atoms with Gasteiger partial charge in [-0.25, -0.2) is 9.97 Å². The van der Waals surface area contributed by atoms with Gasteiger partial charge in [-0.1, -0.05) is 0 Å². The van der Waals surface area contributed by atoms with Gasteiger partial charge < -0.3 is 10.2 Å². The summed E-state index contributed by atoms with van der Waals surface area (Å²) in [5.74, 6) is 0.466. The summed E-state index contributed by atoms with van der Waals surface area (Å²) < 4.78 is 2.40. The van der Waals surface area contributed by atoms with Gasteiger partial charge >= 0.3 is 0 Å². The minimum atomic E-state index is 0.466. The molecule has 0 fully saturated rings. The molecule has 0 atom stereocenters. The van der Waals surface area contributed by atoms with E-state index in [1.165, 1.54) is 10.8 Å². The Morgan fingerprint density at radius 3 is 2.92 bits per heavy atom. The average Bonchev–Trinajstić information content (AvgIpc) is 2.29. The number of nitrogens with zero attached hydrogens (tertiary/aromatic N) is 3. The molecule has 0 aromatic carbocycles. The fraction of sp³-hybridized carbons (Fsp3) is 0. The van der Waals surface area contributed by atoms with Gasteiger partial charge in [0.25, 0.3) is 0 Å². The molecule has 58 valence electrons. The summed E-state index contributed by atoms with van der Waals surface area (Å²) in [6.07, 6.45) is 3.16. The van der Waals surface area contributed by atoms with Crippen molar-refractivity contribution >= 4 is 47.4 Å². The van der Waals surface area contributed by atoms with Gasteiger partial charge in [-0.3, -0.25) is 0 Å². The van der Waals surface area contributed by atoms with Gasteiger partial charge in [0.15, 0.2) is 0 Å². The smallest absolute Gasteiger partial charge is 0.236 e.